The SMILES string of the molecule is Cc1ccc(OCCn2cnc3cc(F)c(F)cc32)cc1. The molecule has 0 N–H and O–H groups in total. The molecule has 0 aliphatic heterocycles. The molecule has 0 spiro atoms. The minimum absolute atomic E-state index is 0.424. The Hall–Kier alpha value is -2.43. The van der Waals surface area contributed by atoms with Gasteiger partial charge in [0.15, 0.2) is 11.6 Å². The van der Waals surface area contributed by atoms with E-state index < -0.39 is 11.6 Å². The molecule has 21 heavy (non-hydrogen) atoms. The Morgan fingerprint density at radius 1 is 1.10 bits per heavy atom. The van der Waals surface area contributed by atoms with Crippen LogP contribution in [0.4, 0.5) is 8.78 Å². The summed E-state index contributed by atoms with van der Waals surface area (Å²) in [7, 11) is 0. The van der Waals surface area contributed by atoms with Crippen LogP contribution in [0.25, 0.3) is 11.0 Å². The van der Waals surface area contributed by atoms with Crippen LogP contribution in [0.2, 0.25) is 0 Å². The zero-order chi connectivity index (χ0) is 14.8. The summed E-state index contributed by atoms with van der Waals surface area (Å²) in [6.07, 6.45) is 1.56. The van der Waals surface area contributed by atoms with Crippen LogP contribution >= 0.6 is 0 Å². The van der Waals surface area contributed by atoms with Crippen molar-refractivity contribution in [3.63, 3.8) is 0 Å². The number of imidazole rings is 1. The Morgan fingerprint density at radius 2 is 1.81 bits per heavy atom. The van der Waals surface area contributed by atoms with E-state index in [1.54, 1.807) is 10.9 Å². The van der Waals surface area contributed by atoms with Crippen molar-refractivity contribution in [3.05, 3.63) is 59.9 Å². The predicted molar refractivity (Wildman–Crippen MR) is 76.3 cm³/mol. The summed E-state index contributed by atoms with van der Waals surface area (Å²) < 4.78 is 33.8. The Bertz CT molecular complexity index is 766. The maximum absolute atomic E-state index is 13.3. The fourth-order valence-corrected chi connectivity index (χ4v) is 2.13. The molecule has 0 fully saturated rings. The second-order valence-corrected chi connectivity index (χ2v) is 4.85. The van der Waals surface area contributed by atoms with Crippen molar-refractivity contribution < 1.29 is 13.5 Å². The molecule has 0 saturated heterocycles. The minimum Gasteiger partial charge on any atom is -0.492 e. The highest BCUT2D eigenvalue weighted by Crippen LogP contribution is 2.17. The van der Waals surface area contributed by atoms with Gasteiger partial charge in [-0.2, -0.15) is 0 Å². The number of nitrogens with zero attached hydrogens (tertiary/aromatic N) is 2. The number of ether oxygens (including phenoxy) is 1. The summed E-state index contributed by atoms with van der Waals surface area (Å²) in [6, 6.07) is 10.00. The van der Waals surface area contributed by atoms with Gasteiger partial charge in [-0.05, 0) is 19.1 Å². The van der Waals surface area contributed by atoms with Gasteiger partial charge in [0.25, 0.3) is 0 Å². The first-order valence-electron chi connectivity index (χ1n) is 6.63. The third-order valence-electron chi connectivity index (χ3n) is 3.29. The number of halogens is 2. The molecule has 0 aliphatic rings. The van der Waals surface area contributed by atoms with Gasteiger partial charge in [0.2, 0.25) is 0 Å². The smallest absolute Gasteiger partial charge is 0.161 e. The average Bonchev–Trinajstić information content (AvgIpc) is 2.84. The van der Waals surface area contributed by atoms with Gasteiger partial charge >= 0.3 is 0 Å². The molecular formula is C16H14F2N2O. The van der Waals surface area contributed by atoms with Crippen LogP contribution in [0.15, 0.2) is 42.7 Å². The molecule has 2 aromatic carbocycles. The van der Waals surface area contributed by atoms with E-state index in [4.69, 9.17) is 4.74 Å². The molecule has 0 radical (unpaired) electrons. The number of fused-ring (bicyclic) bond motifs is 1. The van der Waals surface area contributed by atoms with E-state index in [0.717, 1.165) is 17.9 Å². The van der Waals surface area contributed by atoms with Crippen LogP contribution in [-0.4, -0.2) is 16.2 Å². The summed E-state index contributed by atoms with van der Waals surface area (Å²) in [5.41, 5.74) is 2.16. The topological polar surface area (TPSA) is 27.1 Å². The molecule has 1 aromatic heterocycles. The Labute approximate surface area is 120 Å². The van der Waals surface area contributed by atoms with E-state index in [-0.39, 0.29) is 0 Å². The molecule has 1 heterocycles. The molecule has 3 aromatic rings. The van der Waals surface area contributed by atoms with Crippen molar-refractivity contribution in [3.8, 4) is 5.75 Å². The van der Waals surface area contributed by atoms with Crippen molar-refractivity contribution in [2.24, 2.45) is 0 Å². The predicted octanol–water partition coefficient (Wildman–Crippen LogP) is 3.70. The molecule has 0 amide bonds. The van der Waals surface area contributed by atoms with Gasteiger partial charge in [-0.1, -0.05) is 17.7 Å². The molecule has 108 valence electrons. The van der Waals surface area contributed by atoms with Crippen molar-refractivity contribution >= 4 is 11.0 Å². The minimum atomic E-state index is -0.886. The molecule has 0 bridgehead atoms. The zero-order valence-electron chi connectivity index (χ0n) is 11.5. The maximum Gasteiger partial charge on any atom is 0.161 e. The van der Waals surface area contributed by atoms with Crippen LogP contribution in [0.1, 0.15) is 5.56 Å². The summed E-state index contributed by atoms with van der Waals surface area (Å²) in [4.78, 5) is 4.06. The molecule has 3 nitrogen and oxygen atoms in total. The van der Waals surface area contributed by atoms with Crippen LogP contribution in [-0.2, 0) is 6.54 Å². The summed E-state index contributed by atoms with van der Waals surface area (Å²) in [5.74, 6) is -0.977. The normalized spacial score (nSPS) is 11.0. The Kier molecular flexibility index (Phi) is 3.56. The first-order valence-corrected chi connectivity index (χ1v) is 6.63. The van der Waals surface area contributed by atoms with Gasteiger partial charge < -0.3 is 9.30 Å². The van der Waals surface area contributed by atoms with E-state index in [9.17, 15) is 8.78 Å². The fourth-order valence-electron chi connectivity index (χ4n) is 2.13. The Morgan fingerprint density at radius 3 is 2.57 bits per heavy atom. The summed E-state index contributed by atoms with van der Waals surface area (Å²) in [6.45, 7) is 2.94. The van der Waals surface area contributed by atoms with Crippen LogP contribution in [0.3, 0.4) is 0 Å². The lowest BCUT2D eigenvalue weighted by Crippen LogP contribution is -2.07. The zero-order valence-corrected chi connectivity index (χ0v) is 11.5. The number of aromatic nitrogens is 2. The van der Waals surface area contributed by atoms with Crippen LogP contribution < -0.4 is 4.74 Å². The third-order valence-corrected chi connectivity index (χ3v) is 3.29. The lowest BCUT2D eigenvalue weighted by molar-refractivity contribution is 0.300. The first-order chi connectivity index (χ1) is 10.1. The number of hydrogen-bond donors (Lipinski definition) is 0. The van der Waals surface area contributed by atoms with E-state index in [1.807, 2.05) is 31.2 Å². The van der Waals surface area contributed by atoms with Crippen molar-refractivity contribution in [1.29, 1.82) is 0 Å². The monoisotopic (exact) mass is 288 g/mol. The maximum atomic E-state index is 13.3. The van der Waals surface area contributed by atoms with Gasteiger partial charge in [0.05, 0.1) is 23.9 Å². The molecular weight excluding hydrogens is 274 g/mol. The number of benzene rings is 2. The van der Waals surface area contributed by atoms with Gasteiger partial charge in [-0.15, -0.1) is 0 Å². The summed E-state index contributed by atoms with van der Waals surface area (Å²) in [5, 5.41) is 0. The molecule has 5 heteroatoms. The van der Waals surface area contributed by atoms with Crippen molar-refractivity contribution in [2.45, 2.75) is 13.5 Å². The second-order valence-electron chi connectivity index (χ2n) is 4.85. The summed E-state index contributed by atoms with van der Waals surface area (Å²) >= 11 is 0. The lowest BCUT2D eigenvalue weighted by atomic mass is 10.2. The largest absolute Gasteiger partial charge is 0.492 e. The van der Waals surface area contributed by atoms with E-state index in [1.165, 1.54) is 5.56 Å². The highest BCUT2D eigenvalue weighted by molar-refractivity contribution is 5.75. The van der Waals surface area contributed by atoms with Gasteiger partial charge in [0, 0.05) is 12.1 Å². The molecule has 0 saturated carbocycles. The number of hydrogen-bond acceptors (Lipinski definition) is 2. The first kappa shape index (κ1) is 13.5. The lowest BCUT2D eigenvalue weighted by Gasteiger charge is -2.08. The van der Waals surface area contributed by atoms with E-state index in [0.29, 0.717) is 24.2 Å². The number of aryl methyl sites for hydroxylation is 1. The molecule has 0 unspecified atom stereocenters. The van der Waals surface area contributed by atoms with Gasteiger partial charge in [0.1, 0.15) is 12.4 Å². The average molecular weight is 288 g/mol. The van der Waals surface area contributed by atoms with Crippen LogP contribution in [0.5, 0.6) is 5.75 Å². The highest BCUT2D eigenvalue weighted by Gasteiger charge is 2.09. The second kappa shape index (κ2) is 5.52. The quantitative estimate of drug-likeness (QED) is 0.732. The molecule has 3 rings (SSSR count). The molecule has 0 atom stereocenters. The highest BCUT2D eigenvalue weighted by atomic mass is 19.2. The third kappa shape index (κ3) is 2.86. The number of rotatable bonds is 4. The van der Waals surface area contributed by atoms with E-state index >= 15 is 0 Å². The van der Waals surface area contributed by atoms with Gasteiger partial charge in [-0.3, -0.25) is 0 Å². The van der Waals surface area contributed by atoms with Crippen molar-refractivity contribution in [1.82, 2.24) is 9.55 Å². The molecule has 0 aliphatic carbocycles. The standard InChI is InChI=1S/C16H14F2N2O/c1-11-2-4-12(5-3-11)21-7-6-20-10-19-15-8-13(17)14(18)9-16(15)20/h2-5,8-10H,6-7H2,1H3. The Balaban J connectivity index is 1.70. The van der Waals surface area contributed by atoms with Crippen LogP contribution in [0, 0.1) is 18.6 Å². The van der Waals surface area contributed by atoms with Gasteiger partial charge in [-0.25, -0.2) is 13.8 Å². The fraction of sp³-hybridized carbons (Fsp3) is 0.188. The van der Waals surface area contributed by atoms with E-state index in [2.05, 4.69) is 4.98 Å². The van der Waals surface area contributed by atoms with Crippen molar-refractivity contribution in [2.75, 3.05) is 6.61 Å².